The number of nitrogens with two attached hydrogens (primary N) is 1. The fraction of sp³-hybridized carbons (Fsp3) is 0.357. The predicted octanol–water partition coefficient (Wildman–Crippen LogP) is 1.63. The zero-order chi connectivity index (χ0) is 13.4. The van der Waals surface area contributed by atoms with Crippen molar-refractivity contribution in [3.05, 3.63) is 35.4 Å². The van der Waals surface area contributed by atoms with E-state index in [1.165, 1.54) is 0 Å². The first kappa shape index (κ1) is 14.1. The van der Waals surface area contributed by atoms with E-state index in [4.69, 9.17) is 10.5 Å². The Bertz CT molecular complexity index is 441. The maximum atomic E-state index is 11.3. The molecule has 0 aliphatic heterocycles. The predicted molar refractivity (Wildman–Crippen MR) is 70.8 cm³/mol. The zero-order valence-corrected chi connectivity index (χ0v) is 10.7. The minimum atomic E-state index is -0.406. The van der Waals surface area contributed by atoms with E-state index in [1.807, 2.05) is 38.1 Å². The number of hydrogen-bond donors (Lipinski definition) is 2. The Balaban J connectivity index is 2.46. The number of ether oxygens (including phenoxy) is 1. The molecule has 0 saturated heterocycles. The molecule has 0 radical (unpaired) electrons. The van der Waals surface area contributed by atoms with E-state index in [1.54, 1.807) is 0 Å². The van der Waals surface area contributed by atoms with Gasteiger partial charge in [0.1, 0.15) is 0 Å². The van der Waals surface area contributed by atoms with Gasteiger partial charge in [-0.1, -0.05) is 24.0 Å². The Labute approximate surface area is 108 Å². The van der Waals surface area contributed by atoms with Crippen molar-refractivity contribution in [2.24, 2.45) is 5.73 Å². The average molecular weight is 246 g/mol. The molecule has 0 aliphatic carbocycles. The molecule has 18 heavy (non-hydrogen) atoms. The summed E-state index contributed by atoms with van der Waals surface area (Å²) in [6.07, 6.45) is -0.518. The zero-order valence-electron chi connectivity index (χ0n) is 10.7. The summed E-state index contributed by atoms with van der Waals surface area (Å²) in [6, 6.07) is 7.62. The summed E-state index contributed by atoms with van der Waals surface area (Å²) < 4.78 is 4.96. The first-order valence-corrected chi connectivity index (χ1v) is 5.84. The van der Waals surface area contributed by atoms with E-state index in [9.17, 15) is 4.79 Å². The molecule has 96 valence electrons. The number of benzene rings is 1. The molecule has 3 N–H and O–H groups in total. The normalized spacial score (nSPS) is 9.56. The van der Waals surface area contributed by atoms with Crippen LogP contribution in [0.3, 0.4) is 0 Å². The van der Waals surface area contributed by atoms with Crippen LogP contribution in [0, 0.1) is 11.8 Å². The van der Waals surface area contributed by atoms with E-state index >= 15 is 0 Å². The molecule has 4 nitrogen and oxygen atoms in total. The Kier molecular flexibility index (Phi) is 5.75. The van der Waals surface area contributed by atoms with Gasteiger partial charge in [-0.05, 0) is 31.5 Å². The molecule has 1 aromatic rings. The topological polar surface area (TPSA) is 64.3 Å². The molecule has 0 fully saturated rings. The van der Waals surface area contributed by atoms with E-state index in [0.717, 1.165) is 11.1 Å². The van der Waals surface area contributed by atoms with Crippen molar-refractivity contribution in [2.45, 2.75) is 26.5 Å². The number of hydrogen-bond acceptors (Lipinski definition) is 3. The maximum Gasteiger partial charge on any atom is 0.407 e. The fourth-order valence-corrected chi connectivity index (χ4v) is 1.29. The summed E-state index contributed by atoms with van der Waals surface area (Å²) >= 11 is 0. The van der Waals surface area contributed by atoms with Crippen LogP contribution in [0.2, 0.25) is 0 Å². The lowest BCUT2D eigenvalue weighted by atomic mass is 10.1. The van der Waals surface area contributed by atoms with Crippen LogP contribution in [0.4, 0.5) is 4.79 Å². The van der Waals surface area contributed by atoms with Crippen LogP contribution in [-0.4, -0.2) is 18.7 Å². The van der Waals surface area contributed by atoms with Gasteiger partial charge < -0.3 is 15.8 Å². The van der Waals surface area contributed by atoms with Crippen molar-refractivity contribution in [2.75, 3.05) is 6.54 Å². The molecule has 0 aliphatic rings. The quantitative estimate of drug-likeness (QED) is 0.797. The van der Waals surface area contributed by atoms with Crippen molar-refractivity contribution >= 4 is 6.09 Å². The molecule has 0 atom stereocenters. The van der Waals surface area contributed by atoms with Crippen molar-refractivity contribution in [1.82, 2.24) is 5.32 Å². The number of amides is 1. The van der Waals surface area contributed by atoms with Gasteiger partial charge in [0.2, 0.25) is 0 Å². The SMILES string of the molecule is CC(C)OC(=O)NCc1ccc(C#CCN)cc1. The Morgan fingerprint density at radius 3 is 2.61 bits per heavy atom. The van der Waals surface area contributed by atoms with Crippen LogP contribution in [0.5, 0.6) is 0 Å². The molecular formula is C14H18N2O2. The van der Waals surface area contributed by atoms with Crippen LogP contribution in [0.25, 0.3) is 0 Å². The van der Waals surface area contributed by atoms with Crippen molar-refractivity contribution in [3.8, 4) is 11.8 Å². The van der Waals surface area contributed by atoms with Crippen LogP contribution in [0.1, 0.15) is 25.0 Å². The molecule has 1 aromatic carbocycles. The lowest BCUT2D eigenvalue weighted by Gasteiger charge is -2.09. The number of carbonyl (C=O) groups excluding carboxylic acids is 1. The van der Waals surface area contributed by atoms with Gasteiger partial charge in [0.05, 0.1) is 12.6 Å². The van der Waals surface area contributed by atoms with Crippen molar-refractivity contribution < 1.29 is 9.53 Å². The number of nitrogens with one attached hydrogen (secondary N) is 1. The third-order valence-electron chi connectivity index (χ3n) is 2.07. The highest BCUT2D eigenvalue weighted by atomic mass is 16.6. The summed E-state index contributed by atoms with van der Waals surface area (Å²) in [7, 11) is 0. The number of carbonyl (C=O) groups is 1. The number of alkyl carbamates (subject to hydrolysis) is 1. The van der Waals surface area contributed by atoms with Crippen LogP contribution in [-0.2, 0) is 11.3 Å². The minimum Gasteiger partial charge on any atom is -0.447 e. The molecule has 0 spiro atoms. The number of rotatable bonds is 3. The van der Waals surface area contributed by atoms with Gasteiger partial charge >= 0.3 is 6.09 Å². The summed E-state index contributed by atoms with van der Waals surface area (Å²) in [6.45, 7) is 4.41. The molecule has 1 amide bonds. The molecular weight excluding hydrogens is 228 g/mol. The van der Waals surface area contributed by atoms with Gasteiger partial charge in [0, 0.05) is 12.1 Å². The fourth-order valence-electron chi connectivity index (χ4n) is 1.29. The van der Waals surface area contributed by atoms with Gasteiger partial charge in [-0.3, -0.25) is 0 Å². The average Bonchev–Trinajstić information content (AvgIpc) is 2.34. The van der Waals surface area contributed by atoms with Gasteiger partial charge in [-0.2, -0.15) is 0 Å². The Hall–Kier alpha value is -1.99. The molecule has 0 aromatic heterocycles. The van der Waals surface area contributed by atoms with Crippen LogP contribution < -0.4 is 11.1 Å². The van der Waals surface area contributed by atoms with Crippen LogP contribution >= 0.6 is 0 Å². The molecule has 0 saturated carbocycles. The second-order valence-electron chi connectivity index (χ2n) is 4.01. The smallest absolute Gasteiger partial charge is 0.407 e. The van der Waals surface area contributed by atoms with Crippen LogP contribution in [0.15, 0.2) is 24.3 Å². The van der Waals surface area contributed by atoms with Crippen molar-refractivity contribution in [1.29, 1.82) is 0 Å². The summed E-state index contributed by atoms with van der Waals surface area (Å²) in [5, 5.41) is 2.68. The standard InChI is InChI=1S/C14H18N2O2/c1-11(2)18-14(17)16-10-13-7-5-12(6-8-13)4-3-9-15/h5-8,11H,9-10,15H2,1-2H3,(H,16,17). The van der Waals surface area contributed by atoms with E-state index in [0.29, 0.717) is 13.1 Å². The molecule has 4 heteroatoms. The minimum absolute atomic E-state index is 0.112. The molecule has 0 heterocycles. The van der Waals surface area contributed by atoms with Gasteiger partial charge in [0.15, 0.2) is 0 Å². The van der Waals surface area contributed by atoms with Crippen molar-refractivity contribution in [3.63, 3.8) is 0 Å². The van der Waals surface area contributed by atoms with Gasteiger partial charge in [0.25, 0.3) is 0 Å². The van der Waals surface area contributed by atoms with Gasteiger partial charge in [-0.25, -0.2) is 4.79 Å². The largest absolute Gasteiger partial charge is 0.447 e. The Morgan fingerprint density at radius 1 is 1.39 bits per heavy atom. The highest BCUT2D eigenvalue weighted by Gasteiger charge is 2.03. The first-order valence-electron chi connectivity index (χ1n) is 5.84. The van der Waals surface area contributed by atoms with E-state index in [-0.39, 0.29) is 6.10 Å². The molecule has 0 unspecified atom stereocenters. The monoisotopic (exact) mass is 246 g/mol. The maximum absolute atomic E-state index is 11.3. The third-order valence-corrected chi connectivity index (χ3v) is 2.07. The lowest BCUT2D eigenvalue weighted by molar-refractivity contribution is 0.115. The molecule has 1 rings (SSSR count). The summed E-state index contributed by atoms with van der Waals surface area (Å²) in [5.74, 6) is 5.72. The Morgan fingerprint density at radius 2 is 2.06 bits per heavy atom. The van der Waals surface area contributed by atoms with E-state index in [2.05, 4.69) is 17.2 Å². The second-order valence-corrected chi connectivity index (χ2v) is 4.01. The van der Waals surface area contributed by atoms with E-state index < -0.39 is 6.09 Å². The highest BCUT2D eigenvalue weighted by Crippen LogP contribution is 2.03. The molecule has 0 bridgehead atoms. The van der Waals surface area contributed by atoms with Gasteiger partial charge in [-0.15, -0.1) is 0 Å². The second kappa shape index (κ2) is 7.36. The highest BCUT2D eigenvalue weighted by molar-refractivity contribution is 5.67. The summed E-state index contributed by atoms with van der Waals surface area (Å²) in [5.41, 5.74) is 7.20. The first-order chi connectivity index (χ1) is 8.61. The third kappa shape index (κ3) is 5.37. The summed E-state index contributed by atoms with van der Waals surface area (Å²) in [4.78, 5) is 11.3. The lowest BCUT2D eigenvalue weighted by Crippen LogP contribution is -2.26.